The molecule has 2 heterocycles. The van der Waals surface area contributed by atoms with Crippen LogP contribution in [0.3, 0.4) is 0 Å². The highest BCUT2D eigenvalue weighted by Crippen LogP contribution is 2.28. The smallest absolute Gasteiger partial charge is 0.233 e. The van der Waals surface area contributed by atoms with Crippen LogP contribution in [0.2, 0.25) is 0 Å². The molecule has 0 saturated heterocycles. The molecule has 1 aromatic carbocycles. The summed E-state index contributed by atoms with van der Waals surface area (Å²) >= 11 is 3.06. The molecule has 0 spiro atoms. The second-order valence-corrected chi connectivity index (χ2v) is 7.28. The Labute approximate surface area is 155 Å². The van der Waals surface area contributed by atoms with Gasteiger partial charge in [0.05, 0.1) is 22.6 Å². The number of amides is 1. The lowest BCUT2D eigenvalue weighted by Crippen LogP contribution is -2.34. The molecule has 0 unspecified atom stereocenters. The lowest BCUT2D eigenvalue weighted by atomic mass is 10.2. The number of hydrogen-bond donors (Lipinski definition) is 0. The van der Waals surface area contributed by atoms with E-state index in [9.17, 15) is 4.79 Å². The first-order valence-corrected chi connectivity index (χ1v) is 9.76. The number of hydrogen-bond acceptors (Lipinski definition) is 6. The van der Waals surface area contributed by atoms with Crippen LogP contribution in [0.5, 0.6) is 0 Å². The number of carbonyl (C=O) groups is 1. The van der Waals surface area contributed by atoms with E-state index in [-0.39, 0.29) is 5.91 Å². The minimum Gasteiger partial charge on any atom is -0.383 e. The number of benzene rings is 1. The van der Waals surface area contributed by atoms with Crippen LogP contribution in [-0.4, -0.2) is 46.8 Å². The highest BCUT2D eigenvalue weighted by molar-refractivity contribution is 8.00. The Morgan fingerprint density at radius 2 is 2.08 bits per heavy atom. The number of rotatable bonds is 8. The lowest BCUT2D eigenvalue weighted by molar-refractivity contribution is -0.129. The van der Waals surface area contributed by atoms with Crippen molar-refractivity contribution in [2.75, 3.05) is 26.0 Å². The zero-order valence-electron chi connectivity index (χ0n) is 13.9. The van der Waals surface area contributed by atoms with E-state index < -0.39 is 0 Å². The van der Waals surface area contributed by atoms with Crippen LogP contribution in [0.25, 0.3) is 10.2 Å². The minimum atomic E-state index is 0.0780. The maximum Gasteiger partial charge on any atom is 0.233 e. The van der Waals surface area contributed by atoms with Gasteiger partial charge in [0.25, 0.3) is 0 Å². The molecule has 3 rings (SSSR count). The predicted molar refractivity (Wildman–Crippen MR) is 102 cm³/mol. The van der Waals surface area contributed by atoms with Gasteiger partial charge in [-0.3, -0.25) is 4.79 Å². The van der Waals surface area contributed by atoms with Crippen LogP contribution in [0.1, 0.15) is 5.56 Å². The highest BCUT2D eigenvalue weighted by atomic mass is 32.2. The largest absolute Gasteiger partial charge is 0.383 e. The Hall–Kier alpha value is -1.96. The normalized spacial score (nSPS) is 10.9. The van der Waals surface area contributed by atoms with E-state index in [2.05, 4.69) is 9.97 Å². The molecule has 7 heteroatoms. The van der Waals surface area contributed by atoms with Crippen molar-refractivity contribution >= 4 is 39.2 Å². The molecule has 0 radical (unpaired) electrons. The molecule has 0 aliphatic heterocycles. The Bertz CT molecular complexity index is 823. The fourth-order valence-electron chi connectivity index (χ4n) is 2.39. The minimum absolute atomic E-state index is 0.0780. The number of aromatic nitrogens is 2. The van der Waals surface area contributed by atoms with Gasteiger partial charge in [-0.2, -0.15) is 0 Å². The van der Waals surface area contributed by atoms with Crippen molar-refractivity contribution in [1.82, 2.24) is 14.9 Å². The van der Waals surface area contributed by atoms with Crippen molar-refractivity contribution in [3.63, 3.8) is 0 Å². The number of carbonyl (C=O) groups excluding carboxylic acids is 1. The molecule has 130 valence electrons. The van der Waals surface area contributed by atoms with E-state index in [4.69, 9.17) is 4.74 Å². The van der Waals surface area contributed by atoms with E-state index in [1.165, 1.54) is 11.8 Å². The summed E-state index contributed by atoms with van der Waals surface area (Å²) in [4.78, 5) is 23.1. The fourth-order valence-corrected chi connectivity index (χ4v) is 4.24. The SMILES string of the molecule is COCCN(Cc1ccccc1)C(=O)CSc1ncnc2ccsc12. The fraction of sp³-hybridized carbons (Fsp3) is 0.278. The van der Waals surface area contributed by atoms with Gasteiger partial charge in [-0.1, -0.05) is 42.1 Å². The maximum absolute atomic E-state index is 12.7. The Morgan fingerprint density at radius 1 is 1.24 bits per heavy atom. The molecule has 0 fully saturated rings. The average Bonchev–Trinajstić information content (AvgIpc) is 3.13. The second-order valence-electron chi connectivity index (χ2n) is 5.40. The number of ether oxygens (including phenoxy) is 1. The third-order valence-corrected chi connectivity index (χ3v) is 5.69. The topological polar surface area (TPSA) is 55.3 Å². The van der Waals surface area contributed by atoms with Gasteiger partial charge < -0.3 is 9.64 Å². The zero-order chi connectivity index (χ0) is 17.5. The van der Waals surface area contributed by atoms with Crippen molar-refractivity contribution < 1.29 is 9.53 Å². The third kappa shape index (κ3) is 4.78. The zero-order valence-corrected chi connectivity index (χ0v) is 15.6. The van der Waals surface area contributed by atoms with Crippen molar-refractivity contribution in [2.45, 2.75) is 11.6 Å². The number of fused-ring (bicyclic) bond motifs is 1. The van der Waals surface area contributed by atoms with Crippen LogP contribution in [0, 0.1) is 0 Å². The van der Waals surface area contributed by atoms with Crippen molar-refractivity contribution in [3.05, 3.63) is 53.7 Å². The quantitative estimate of drug-likeness (QED) is 0.447. The summed E-state index contributed by atoms with van der Waals surface area (Å²) in [5.41, 5.74) is 2.04. The van der Waals surface area contributed by atoms with E-state index >= 15 is 0 Å². The van der Waals surface area contributed by atoms with Crippen molar-refractivity contribution in [3.8, 4) is 0 Å². The summed E-state index contributed by atoms with van der Waals surface area (Å²) < 4.78 is 6.18. The molecular formula is C18H19N3O2S2. The van der Waals surface area contributed by atoms with Crippen LogP contribution in [0.4, 0.5) is 0 Å². The number of nitrogens with zero attached hydrogens (tertiary/aromatic N) is 3. The van der Waals surface area contributed by atoms with Crippen LogP contribution in [0.15, 0.2) is 53.1 Å². The van der Waals surface area contributed by atoms with Crippen LogP contribution in [-0.2, 0) is 16.1 Å². The molecule has 25 heavy (non-hydrogen) atoms. The van der Waals surface area contributed by atoms with E-state index in [1.54, 1.807) is 24.8 Å². The number of thiophene rings is 1. The van der Waals surface area contributed by atoms with Gasteiger partial charge in [0, 0.05) is 20.2 Å². The first-order chi connectivity index (χ1) is 12.3. The monoisotopic (exact) mass is 373 g/mol. The van der Waals surface area contributed by atoms with Crippen molar-refractivity contribution in [1.29, 1.82) is 0 Å². The summed E-state index contributed by atoms with van der Waals surface area (Å²) in [6.45, 7) is 1.68. The van der Waals surface area contributed by atoms with Gasteiger partial charge in [0.2, 0.25) is 5.91 Å². The standard InChI is InChI=1S/C18H19N3O2S2/c1-23-9-8-21(11-14-5-3-2-4-6-14)16(22)12-25-18-17-15(7-10-24-17)19-13-20-18/h2-7,10,13H,8-9,11-12H2,1H3. The third-order valence-electron chi connectivity index (χ3n) is 3.68. The molecule has 3 aromatic rings. The second kappa shape index (κ2) is 8.94. The van der Waals surface area contributed by atoms with Crippen LogP contribution < -0.4 is 0 Å². The van der Waals surface area contributed by atoms with Gasteiger partial charge in [0.15, 0.2) is 0 Å². The summed E-state index contributed by atoms with van der Waals surface area (Å²) in [5, 5.41) is 2.85. The van der Waals surface area contributed by atoms with Gasteiger partial charge in [-0.05, 0) is 17.0 Å². The molecule has 0 N–H and O–H groups in total. The molecule has 0 aliphatic carbocycles. The summed E-state index contributed by atoms with van der Waals surface area (Å²) in [5.74, 6) is 0.426. The predicted octanol–water partition coefficient (Wildman–Crippen LogP) is 3.46. The van der Waals surface area contributed by atoms with E-state index in [0.29, 0.717) is 25.4 Å². The van der Waals surface area contributed by atoms with Crippen LogP contribution >= 0.6 is 23.1 Å². The first kappa shape index (κ1) is 17.8. The first-order valence-electron chi connectivity index (χ1n) is 7.89. The van der Waals surface area contributed by atoms with Gasteiger partial charge in [-0.25, -0.2) is 9.97 Å². The maximum atomic E-state index is 12.7. The molecule has 0 saturated carbocycles. The van der Waals surface area contributed by atoms with Gasteiger partial charge in [0.1, 0.15) is 11.4 Å². The molecule has 0 atom stereocenters. The molecule has 5 nitrogen and oxygen atoms in total. The summed E-state index contributed by atoms with van der Waals surface area (Å²) in [6.07, 6.45) is 1.55. The molecule has 0 bridgehead atoms. The van der Waals surface area contributed by atoms with Gasteiger partial charge in [-0.15, -0.1) is 11.3 Å². The Balaban J connectivity index is 1.66. The van der Waals surface area contributed by atoms with Gasteiger partial charge >= 0.3 is 0 Å². The summed E-state index contributed by atoms with van der Waals surface area (Å²) in [6, 6.07) is 12.0. The highest BCUT2D eigenvalue weighted by Gasteiger charge is 2.16. The number of methoxy groups -OCH3 is 1. The van der Waals surface area contributed by atoms with E-state index in [1.807, 2.05) is 46.7 Å². The van der Waals surface area contributed by atoms with E-state index in [0.717, 1.165) is 20.8 Å². The Kier molecular flexibility index (Phi) is 6.38. The molecule has 2 aromatic heterocycles. The Morgan fingerprint density at radius 3 is 2.88 bits per heavy atom. The number of thioether (sulfide) groups is 1. The lowest BCUT2D eigenvalue weighted by Gasteiger charge is -2.22. The molecular weight excluding hydrogens is 354 g/mol. The molecule has 0 aliphatic rings. The molecule has 1 amide bonds. The summed E-state index contributed by atoms with van der Waals surface area (Å²) in [7, 11) is 1.65. The average molecular weight is 374 g/mol. The van der Waals surface area contributed by atoms with Crippen molar-refractivity contribution in [2.24, 2.45) is 0 Å².